The van der Waals surface area contributed by atoms with E-state index in [2.05, 4.69) is 46.5 Å². The molecule has 1 amide bonds. The second-order valence-electron chi connectivity index (χ2n) is 12.3. The summed E-state index contributed by atoms with van der Waals surface area (Å²) in [4.78, 5) is 27.0. The van der Waals surface area contributed by atoms with Crippen LogP contribution < -0.4 is 5.32 Å². The third-order valence-electron chi connectivity index (χ3n) is 9.00. The van der Waals surface area contributed by atoms with Crippen LogP contribution >= 0.6 is 0 Å². The molecule has 2 aliphatic heterocycles. The van der Waals surface area contributed by atoms with Gasteiger partial charge < -0.3 is 10.2 Å². The Morgan fingerprint density at radius 3 is 2.60 bits per heavy atom. The van der Waals surface area contributed by atoms with Crippen LogP contribution in [0.1, 0.15) is 67.3 Å². The summed E-state index contributed by atoms with van der Waals surface area (Å²) in [6.45, 7) is 4.82. The minimum absolute atomic E-state index is 0.0972. The number of fused-ring (bicyclic) bond motifs is 1. The molecule has 0 unspecified atom stereocenters. The molecule has 1 aliphatic carbocycles. The zero-order valence-corrected chi connectivity index (χ0v) is 24.5. The third-order valence-corrected chi connectivity index (χ3v) is 9.00. The van der Waals surface area contributed by atoms with E-state index in [0.29, 0.717) is 30.3 Å². The molecule has 8 heteroatoms. The Hall–Kier alpha value is -3.49. The number of benzene rings is 1. The Labute approximate surface area is 246 Å². The molecular formula is C34H39F2N5O. The van der Waals surface area contributed by atoms with Gasteiger partial charge in [-0.15, -0.1) is 0 Å². The molecule has 0 spiro atoms. The SMILES string of the molecule is CC1=C(C(=O)Nc2ccc(C3CCN(C)CC3)nc2)c2cc(-c3cncc(CN4CCC(F)(F)C4)c3)ccc2CCC1. The van der Waals surface area contributed by atoms with Crippen molar-refractivity contribution in [3.05, 3.63) is 82.9 Å². The molecule has 4 heterocycles. The van der Waals surface area contributed by atoms with Crippen molar-refractivity contribution >= 4 is 17.2 Å². The molecule has 6 rings (SSSR count). The summed E-state index contributed by atoms with van der Waals surface area (Å²) in [5.74, 6) is -2.27. The summed E-state index contributed by atoms with van der Waals surface area (Å²) < 4.78 is 27.4. The molecule has 0 atom stereocenters. The molecule has 220 valence electrons. The molecule has 0 radical (unpaired) electrons. The number of alkyl halides is 2. The van der Waals surface area contributed by atoms with Gasteiger partial charge in [-0.05, 0) is 106 Å². The first kappa shape index (κ1) is 28.6. The molecule has 1 aromatic carbocycles. The summed E-state index contributed by atoms with van der Waals surface area (Å²) in [6.07, 6.45) is 10.2. The number of likely N-dealkylation sites (tertiary alicyclic amines) is 2. The molecule has 3 aliphatic rings. The van der Waals surface area contributed by atoms with Gasteiger partial charge in [-0.3, -0.25) is 19.7 Å². The Kier molecular flexibility index (Phi) is 8.19. The molecule has 3 aromatic rings. The van der Waals surface area contributed by atoms with Crippen LogP contribution in [0.2, 0.25) is 0 Å². The van der Waals surface area contributed by atoms with Gasteiger partial charge in [0.2, 0.25) is 0 Å². The first-order chi connectivity index (χ1) is 20.2. The van der Waals surface area contributed by atoms with Crippen molar-refractivity contribution < 1.29 is 13.6 Å². The molecule has 2 aromatic heterocycles. The number of hydrogen-bond acceptors (Lipinski definition) is 5. The highest BCUT2D eigenvalue weighted by Gasteiger charge is 2.38. The number of piperidine rings is 1. The lowest BCUT2D eigenvalue weighted by molar-refractivity contribution is -0.111. The number of aromatic nitrogens is 2. The van der Waals surface area contributed by atoms with E-state index in [1.807, 2.05) is 19.1 Å². The number of anilines is 1. The van der Waals surface area contributed by atoms with Crippen molar-refractivity contribution in [3.63, 3.8) is 0 Å². The number of rotatable bonds is 6. The number of hydrogen-bond donors (Lipinski definition) is 1. The quantitative estimate of drug-likeness (QED) is 0.364. The highest BCUT2D eigenvalue weighted by atomic mass is 19.3. The summed E-state index contributed by atoms with van der Waals surface area (Å²) >= 11 is 0. The summed E-state index contributed by atoms with van der Waals surface area (Å²) in [5.41, 5.74) is 8.45. The van der Waals surface area contributed by atoms with Crippen LogP contribution in [0.25, 0.3) is 16.7 Å². The lowest BCUT2D eigenvalue weighted by atomic mass is 9.92. The van der Waals surface area contributed by atoms with Crippen molar-refractivity contribution in [2.45, 2.75) is 63.8 Å². The second kappa shape index (κ2) is 12.0. The van der Waals surface area contributed by atoms with E-state index in [1.54, 1.807) is 23.5 Å². The van der Waals surface area contributed by atoms with E-state index in [1.165, 1.54) is 0 Å². The molecule has 0 bridgehead atoms. The number of aryl methyl sites for hydroxylation is 1. The Balaban J connectivity index is 1.22. The number of carbonyl (C=O) groups is 1. The van der Waals surface area contributed by atoms with E-state index < -0.39 is 5.92 Å². The highest BCUT2D eigenvalue weighted by molar-refractivity contribution is 6.26. The number of allylic oxidation sites excluding steroid dienone is 1. The van der Waals surface area contributed by atoms with Gasteiger partial charge in [0.15, 0.2) is 0 Å². The van der Waals surface area contributed by atoms with Crippen molar-refractivity contribution in [2.24, 2.45) is 0 Å². The summed E-state index contributed by atoms with van der Waals surface area (Å²) in [6, 6.07) is 12.3. The fraction of sp³-hybridized carbons (Fsp3) is 0.441. The first-order valence-corrected chi connectivity index (χ1v) is 15.1. The predicted octanol–water partition coefficient (Wildman–Crippen LogP) is 6.54. The number of carbonyl (C=O) groups excluding carboxylic acids is 1. The molecule has 6 nitrogen and oxygen atoms in total. The van der Waals surface area contributed by atoms with Crippen molar-refractivity contribution in [1.82, 2.24) is 19.8 Å². The van der Waals surface area contributed by atoms with Gasteiger partial charge >= 0.3 is 0 Å². The van der Waals surface area contributed by atoms with Crippen LogP contribution in [-0.2, 0) is 17.8 Å². The highest BCUT2D eigenvalue weighted by Crippen LogP contribution is 2.35. The van der Waals surface area contributed by atoms with Crippen LogP contribution in [0, 0.1) is 0 Å². The van der Waals surface area contributed by atoms with Crippen LogP contribution in [0.15, 0.2) is 60.6 Å². The molecule has 1 N–H and O–H groups in total. The van der Waals surface area contributed by atoms with Crippen LogP contribution in [0.3, 0.4) is 0 Å². The topological polar surface area (TPSA) is 61.4 Å². The summed E-state index contributed by atoms with van der Waals surface area (Å²) in [7, 11) is 2.16. The average molecular weight is 572 g/mol. The smallest absolute Gasteiger partial charge is 0.261 e. The molecule has 2 fully saturated rings. The third kappa shape index (κ3) is 6.45. The normalized spacial score (nSPS) is 19.9. The van der Waals surface area contributed by atoms with Gasteiger partial charge in [0.1, 0.15) is 0 Å². The number of halogens is 2. The van der Waals surface area contributed by atoms with E-state index in [4.69, 9.17) is 4.98 Å². The van der Waals surface area contributed by atoms with Crippen LogP contribution in [0.5, 0.6) is 0 Å². The maximum absolute atomic E-state index is 13.8. The number of nitrogens with one attached hydrogen (secondary N) is 1. The Morgan fingerprint density at radius 1 is 1.02 bits per heavy atom. The van der Waals surface area contributed by atoms with Crippen molar-refractivity contribution in [3.8, 4) is 11.1 Å². The van der Waals surface area contributed by atoms with E-state index in [-0.39, 0.29) is 18.9 Å². The number of nitrogens with zero attached hydrogens (tertiary/aromatic N) is 4. The van der Waals surface area contributed by atoms with Gasteiger partial charge in [0.25, 0.3) is 11.8 Å². The molecule has 0 saturated carbocycles. The standard InChI is InChI=1S/C34H39F2N5O/c1-23-4-3-5-25-6-7-27(28-16-24(18-37-19-28)21-41-15-12-34(35,36)22-41)17-30(25)32(23)33(42)39-29-8-9-31(38-20-29)26-10-13-40(2)14-11-26/h6-9,16-20,26H,3-5,10-15,21-22H2,1-2H3,(H,39,42). The van der Waals surface area contributed by atoms with Gasteiger partial charge in [-0.1, -0.05) is 17.7 Å². The zero-order valence-electron chi connectivity index (χ0n) is 24.5. The average Bonchev–Trinajstić information content (AvgIpc) is 3.22. The Morgan fingerprint density at radius 2 is 1.86 bits per heavy atom. The van der Waals surface area contributed by atoms with Crippen molar-refractivity contribution in [1.29, 1.82) is 0 Å². The minimum Gasteiger partial charge on any atom is -0.321 e. The fourth-order valence-corrected chi connectivity index (χ4v) is 6.57. The van der Waals surface area contributed by atoms with Gasteiger partial charge in [-0.25, -0.2) is 8.78 Å². The molecule has 2 saturated heterocycles. The number of amides is 1. The largest absolute Gasteiger partial charge is 0.321 e. The maximum Gasteiger partial charge on any atom is 0.261 e. The first-order valence-electron chi connectivity index (χ1n) is 15.1. The van der Waals surface area contributed by atoms with E-state index in [0.717, 1.165) is 84.3 Å². The monoisotopic (exact) mass is 571 g/mol. The molecule has 42 heavy (non-hydrogen) atoms. The molecular weight excluding hydrogens is 532 g/mol. The van der Waals surface area contributed by atoms with Crippen molar-refractivity contribution in [2.75, 3.05) is 38.5 Å². The summed E-state index contributed by atoms with van der Waals surface area (Å²) in [5, 5.41) is 3.12. The maximum atomic E-state index is 13.8. The van der Waals surface area contributed by atoms with Crippen LogP contribution in [0.4, 0.5) is 14.5 Å². The zero-order chi connectivity index (χ0) is 29.3. The van der Waals surface area contributed by atoms with Gasteiger partial charge in [0.05, 0.1) is 18.4 Å². The van der Waals surface area contributed by atoms with E-state index >= 15 is 0 Å². The van der Waals surface area contributed by atoms with Gasteiger partial charge in [-0.2, -0.15) is 0 Å². The lowest BCUT2D eigenvalue weighted by Crippen LogP contribution is -2.29. The lowest BCUT2D eigenvalue weighted by Gasteiger charge is -2.28. The minimum atomic E-state index is -2.62. The Bertz CT molecular complexity index is 1480. The predicted molar refractivity (Wildman–Crippen MR) is 162 cm³/mol. The number of pyridine rings is 2. The van der Waals surface area contributed by atoms with E-state index in [9.17, 15) is 13.6 Å². The van der Waals surface area contributed by atoms with Crippen LogP contribution in [-0.4, -0.2) is 64.8 Å². The van der Waals surface area contributed by atoms with Gasteiger partial charge in [0, 0.05) is 54.7 Å². The second-order valence-corrected chi connectivity index (χ2v) is 12.3. The fourth-order valence-electron chi connectivity index (χ4n) is 6.57.